The van der Waals surface area contributed by atoms with E-state index in [1.807, 2.05) is 5.48 Å². The zero-order valence-electron chi connectivity index (χ0n) is 7.64. The zero-order chi connectivity index (χ0) is 11.3. The fourth-order valence-corrected chi connectivity index (χ4v) is 0.869. The Morgan fingerprint density at radius 1 is 1.40 bits per heavy atom. The van der Waals surface area contributed by atoms with Gasteiger partial charge in [0.1, 0.15) is 5.75 Å². The zero-order valence-corrected chi connectivity index (χ0v) is 7.64. The van der Waals surface area contributed by atoms with E-state index in [1.165, 1.54) is 24.3 Å². The molecule has 0 heterocycles. The minimum absolute atomic E-state index is 0.0547. The molecule has 0 fully saturated rings. The van der Waals surface area contributed by atoms with Crippen LogP contribution in [-0.2, 0) is 9.63 Å². The molecule has 6 heteroatoms. The molecule has 0 aliphatic carbocycles. The Kier molecular flexibility index (Phi) is 3.64. The highest BCUT2D eigenvalue weighted by Gasteiger charge is 2.06. The first kappa shape index (κ1) is 11.0. The lowest BCUT2D eigenvalue weighted by Crippen LogP contribution is -2.26. The Hall–Kier alpha value is -2.08. The van der Waals surface area contributed by atoms with Crippen LogP contribution in [0.2, 0.25) is 0 Å². The van der Waals surface area contributed by atoms with Crippen LogP contribution in [0.25, 0.3) is 0 Å². The number of benzene rings is 1. The molecule has 15 heavy (non-hydrogen) atoms. The Balaban J connectivity index is 2.50. The minimum Gasteiger partial charge on any atom is -0.508 e. The fourth-order valence-electron chi connectivity index (χ4n) is 0.869. The summed E-state index contributed by atoms with van der Waals surface area (Å²) in [5.74, 6) is -1.86. The number of phenols is 1. The topological polar surface area (TPSA) is 95.9 Å². The van der Waals surface area contributed by atoms with E-state index in [0.29, 0.717) is 0 Å². The van der Waals surface area contributed by atoms with Gasteiger partial charge in [-0.3, -0.25) is 9.63 Å². The molecule has 0 aliphatic heterocycles. The Morgan fingerprint density at radius 3 is 2.73 bits per heavy atom. The standard InChI is InChI=1S/C9H9NO5/c11-7-3-1-2-6(4-7)9(14)10-15-5-8(12)13/h1-4,11H,5H2,(H,10,14)(H,12,13). The second-order valence-electron chi connectivity index (χ2n) is 2.66. The highest BCUT2D eigenvalue weighted by Crippen LogP contribution is 2.10. The van der Waals surface area contributed by atoms with Gasteiger partial charge < -0.3 is 10.2 Å². The van der Waals surface area contributed by atoms with Gasteiger partial charge in [0.25, 0.3) is 5.91 Å². The molecule has 1 rings (SSSR count). The molecular weight excluding hydrogens is 202 g/mol. The second kappa shape index (κ2) is 4.97. The number of hydroxylamine groups is 1. The van der Waals surface area contributed by atoms with Gasteiger partial charge in [0.05, 0.1) is 0 Å². The average Bonchev–Trinajstić information content (AvgIpc) is 2.17. The maximum atomic E-state index is 11.2. The maximum absolute atomic E-state index is 11.2. The number of aliphatic carboxylic acids is 1. The molecule has 0 aliphatic rings. The Labute approximate surface area is 85.1 Å². The van der Waals surface area contributed by atoms with Crippen molar-refractivity contribution in [3.8, 4) is 5.75 Å². The number of aromatic hydroxyl groups is 1. The van der Waals surface area contributed by atoms with Crippen LogP contribution in [0.4, 0.5) is 0 Å². The number of carbonyl (C=O) groups is 2. The van der Waals surface area contributed by atoms with Crippen LogP contribution in [-0.4, -0.2) is 28.7 Å². The number of amides is 1. The van der Waals surface area contributed by atoms with Crippen molar-refractivity contribution >= 4 is 11.9 Å². The highest BCUT2D eigenvalue weighted by atomic mass is 16.7. The van der Waals surface area contributed by atoms with Crippen molar-refractivity contribution in [1.29, 1.82) is 0 Å². The summed E-state index contributed by atoms with van der Waals surface area (Å²) in [6.07, 6.45) is 0. The fraction of sp³-hybridized carbons (Fsp3) is 0.111. The summed E-state index contributed by atoms with van der Waals surface area (Å²) in [6.45, 7) is -0.620. The summed E-state index contributed by atoms with van der Waals surface area (Å²) in [6, 6.07) is 5.59. The SMILES string of the molecule is O=C(O)CONC(=O)c1cccc(O)c1. The van der Waals surface area contributed by atoms with E-state index in [9.17, 15) is 9.59 Å². The average molecular weight is 211 g/mol. The number of hydrogen-bond acceptors (Lipinski definition) is 4. The summed E-state index contributed by atoms with van der Waals surface area (Å²) in [7, 11) is 0. The van der Waals surface area contributed by atoms with Gasteiger partial charge in [0.2, 0.25) is 0 Å². The molecule has 0 radical (unpaired) electrons. The first-order valence-corrected chi connectivity index (χ1v) is 4.02. The van der Waals surface area contributed by atoms with Crippen LogP contribution in [0.15, 0.2) is 24.3 Å². The van der Waals surface area contributed by atoms with Crippen LogP contribution in [0.1, 0.15) is 10.4 Å². The lowest BCUT2D eigenvalue weighted by molar-refractivity contribution is -0.144. The van der Waals surface area contributed by atoms with Crippen LogP contribution >= 0.6 is 0 Å². The molecule has 0 atom stereocenters. The first-order valence-electron chi connectivity index (χ1n) is 4.02. The third-order valence-corrected chi connectivity index (χ3v) is 1.47. The number of carbonyl (C=O) groups excluding carboxylic acids is 1. The summed E-state index contributed by atoms with van der Waals surface area (Å²) in [4.78, 5) is 25.7. The van der Waals surface area contributed by atoms with Gasteiger partial charge in [-0.15, -0.1) is 0 Å². The number of nitrogens with one attached hydrogen (secondary N) is 1. The van der Waals surface area contributed by atoms with Gasteiger partial charge in [0, 0.05) is 5.56 Å². The van der Waals surface area contributed by atoms with Crippen molar-refractivity contribution in [2.45, 2.75) is 0 Å². The molecule has 0 aromatic heterocycles. The molecule has 6 nitrogen and oxygen atoms in total. The predicted octanol–water partition coefficient (Wildman–Crippen LogP) is 0.138. The summed E-state index contributed by atoms with van der Waals surface area (Å²) < 4.78 is 0. The molecule has 0 saturated heterocycles. The number of hydrogen-bond donors (Lipinski definition) is 3. The minimum atomic E-state index is -1.19. The van der Waals surface area contributed by atoms with E-state index in [4.69, 9.17) is 10.2 Å². The van der Waals surface area contributed by atoms with E-state index < -0.39 is 18.5 Å². The van der Waals surface area contributed by atoms with Gasteiger partial charge >= 0.3 is 5.97 Å². The number of rotatable bonds is 4. The number of carboxylic acids is 1. The molecule has 0 unspecified atom stereocenters. The lowest BCUT2D eigenvalue weighted by atomic mass is 10.2. The molecule has 0 spiro atoms. The van der Waals surface area contributed by atoms with Crippen molar-refractivity contribution in [1.82, 2.24) is 5.48 Å². The van der Waals surface area contributed by atoms with Crippen molar-refractivity contribution in [3.05, 3.63) is 29.8 Å². The number of phenolic OH excluding ortho intramolecular Hbond substituents is 1. The largest absolute Gasteiger partial charge is 0.508 e. The molecule has 1 amide bonds. The van der Waals surface area contributed by atoms with Gasteiger partial charge in [-0.25, -0.2) is 10.3 Å². The third kappa shape index (κ3) is 3.65. The molecular formula is C9H9NO5. The summed E-state index contributed by atoms with van der Waals surface area (Å²) >= 11 is 0. The van der Waals surface area contributed by atoms with Crippen LogP contribution in [0.5, 0.6) is 5.75 Å². The van der Waals surface area contributed by atoms with Crippen LogP contribution < -0.4 is 5.48 Å². The molecule has 1 aromatic rings. The summed E-state index contributed by atoms with van der Waals surface area (Å²) in [5, 5.41) is 17.3. The van der Waals surface area contributed by atoms with Crippen molar-refractivity contribution < 1.29 is 24.6 Å². The van der Waals surface area contributed by atoms with E-state index >= 15 is 0 Å². The molecule has 0 bridgehead atoms. The Morgan fingerprint density at radius 2 is 2.13 bits per heavy atom. The van der Waals surface area contributed by atoms with E-state index in [-0.39, 0.29) is 11.3 Å². The van der Waals surface area contributed by atoms with Crippen molar-refractivity contribution in [2.24, 2.45) is 0 Å². The predicted molar refractivity (Wildman–Crippen MR) is 49.2 cm³/mol. The smallest absolute Gasteiger partial charge is 0.332 e. The summed E-state index contributed by atoms with van der Waals surface area (Å²) in [5.41, 5.74) is 2.11. The quantitative estimate of drug-likeness (QED) is 0.615. The molecule has 3 N–H and O–H groups in total. The van der Waals surface area contributed by atoms with Crippen molar-refractivity contribution in [2.75, 3.05) is 6.61 Å². The van der Waals surface area contributed by atoms with E-state index in [1.54, 1.807) is 0 Å². The Bertz CT molecular complexity index is 377. The normalized spacial score (nSPS) is 9.60. The van der Waals surface area contributed by atoms with Gasteiger partial charge in [-0.2, -0.15) is 0 Å². The van der Waals surface area contributed by atoms with E-state index in [0.717, 1.165) is 0 Å². The number of carboxylic acid groups (broad SMARTS) is 1. The van der Waals surface area contributed by atoms with Gasteiger partial charge in [0.15, 0.2) is 6.61 Å². The monoisotopic (exact) mass is 211 g/mol. The van der Waals surface area contributed by atoms with Crippen LogP contribution in [0, 0.1) is 0 Å². The van der Waals surface area contributed by atoms with Crippen molar-refractivity contribution in [3.63, 3.8) is 0 Å². The van der Waals surface area contributed by atoms with E-state index in [2.05, 4.69) is 4.84 Å². The maximum Gasteiger partial charge on any atom is 0.332 e. The molecule has 0 saturated carbocycles. The van der Waals surface area contributed by atoms with Crippen LogP contribution in [0.3, 0.4) is 0 Å². The molecule has 80 valence electrons. The first-order chi connectivity index (χ1) is 7.09. The third-order valence-electron chi connectivity index (χ3n) is 1.47. The lowest BCUT2D eigenvalue weighted by Gasteiger charge is -2.03. The molecule has 1 aromatic carbocycles. The van der Waals surface area contributed by atoms with Gasteiger partial charge in [-0.05, 0) is 18.2 Å². The second-order valence-corrected chi connectivity index (χ2v) is 2.66. The van der Waals surface area contributed by atoms with Gasteiger partial charge in [-0.1, -0.05) is 6.07 Å². The highest BCUT2D eigenvalue weighted by molar-refractivity contribution is 5.93.